The van der Waals surface area contributed by atoms with Crippen LogP contribution in [0.15, 0.2) is 16.5 Å². The molecule has 20 heavy (non-hydrogen) atoms. The molecule has 0 N–H and O–H groups in total. The number of carbonyl (C=O) groups is 1. The van der Waals surface area contributed by atoms with Crippen molar-refractivity contribution in [2.45, 2.75) is 51.6 Å². The summed E-state index contributed by atoms with van der Waals surface area (Å²) in [5.41, 5.74) is 0. The fourth-order valence-electron chi connectivity index (χ4n) is 2.91. The van der Waals surface area contributed by atoms with E-state index in [1.807, 2.05) is 43.0 Å². The van der Waals surface area contributed by atoms with Gasteiger partial charge in [0.2, 0.25) is 5.91 Å². The average Bonchev–Trinajstić information content (AvgIpc) is 2.84. The van der Waals surface area contributed by atoms with Gasteiger partial charge in [-0.15, -0.1) is 0 Å². The number of likely N-dealkylation sites (N-methyl/N-ethyl adjacent to an activating group) is 2. The van der Waals surface area contributed by atoms with Crippen LogP contribution in [0.4, 0.5) is 0 Å². The van der Waals surface area contributed by atoms with E-state index in [-0.39, 0.29) is 5.91 Å². The van der Waals surface area contributed by atoms with Crippen molar-refractivity contribution in [3.8, 4) is 0 Å². The van der Waals surface area contributed by atoms with Crippen molar-refractivity contribution >= 4 is 5.91 Å². The summed E-state index contributed by atoms with van der Waals surface area (Å²) in [5, 5.41) is 0. The van der Waals surface area contributed by atoms with Crippen LogP contribution in [0.5, 0.6) is 0 Å². The Balaban J connectivity index is 1.80. The standard InChI is InChI=1S/C16H26N2O2/c1-13-9-10-15(20-13)11-17(2)12-16(19)18(3)14-7-5-4-6-8-14/h9-10,14H,4-8,11-12H2,1-3H3. The molecule has 0 atom stereocenters. The Hall–Kier alpha value is -1.29. The first-order valence-electron chi connectivity index (χ1n) is 7.56. The third kappa shape index (κ3) is 4.10. The van der Waals surface area contributed by atoms with Crippen LogP contribution in [-0.2, 0) is 11.3 Å². The number of nitrogens with zero attached hydrogens (tertiary/aromatic N) is 2. The van der Waals surface area contributed by atoms with Gasteiger partial charge in [0.05, 0.1) is 13.1 Å². The van der Waals surface area contributed by atoms with Gasteiger partial charge in [0, 0.05) is 13.1 Å². The highest BCUT2D eigenvalue weighted by Gasteiger charge is 2.22. The first-order valence-corrected chi connectivity index (χ1v) is 7.56. The molecule has 0 aromatic carbocycles. The van der Waals surface area contributed by atoms with Gasteiger partial charge in [-0.3, -0.25) is 9.69 Å². The summed E-state index contributed by atoms with van der Waals surface area (Å²) in [6.07, 6.45) is 6.14. The van der Waals surface area contributed by atoms with Gasteiger partial charge >= 0.3 is 0 Å². The monoisotopic (exact) mass is 278 g/mol. The SMILES string of the molecule is Cc1ccc(CN(C)CC(=O)N(C)C2CCCCC2)o1. The van der Waals surface area contributed by atoms with E-state index in [0.29, 0.717) is 19.1 Å². The highest BCUT2D eigenvalue weighted by molar-refractivity contribution is 5.78. The van der Waals surface area contributed by atoms with Gasteiger partial charge in [0.25, 0.3) is 0 Å². The number of rotatable bonds is 5. The fourth-order valence-corrected chi connectivity index (χ4v) is 2.91. The molecule has 0 radical (unpaired) electrons. The summed E-state index contributed by atoms with van der Waals surface area (Å²) < 4.78 is 5.55. The molecule has 1 aromatic rings. The summed E-state index contributed by atoms with van der Waals surface area (Å²) in [4.78, 5) is 16.3. The van der Waals surface area contributed by atoms with Crippen LogP contribution in [0.1, 0.15) is 43.6 Å². The molecular formula is C16H26N2O2. The molecule has 1 amide bonds. The number of amides is 1. The third-order valence-corrected chi connectivity index (χ3v) is 4.14. The second kappa shape index (κ2) is 6.93. The Bertz CT molecular complexity index is 435. The summed E-state index contributed by atoms with van der Waals surface area (Å²) in [6.45, 7) is 3.07. The predicted molar refractivity (Wildman–Crippen MR) is 79.4 cm³/mol. The van der Waals surface area contributed by atoms with Crippen molar-refractivity contribution in [2.75, 3.05) is 20.6 Å². The molecule has 0 bridgehead atoms. The largest absolute Gasteiger partial charge is 0.465 e. The summed E-state index contributed by atoms with van der Waals surface area (Å²) >= 11 is 0. The summed E-state index contributed by atoms with van der Waals surface area (Å²) in [7, 11) is 3.91. The number of aryl methyl sites for hydroxylation is 1. The van der Waals surface area contributed by atoms with Gasteiger partial charge < -0.3 is 9.32 Å². The quantitative estimate of drug-likeness (QED) is 0.831. The van der Waals surface area contributed by atoms with Gasteiger partial charge in [0.15, 0.2) is 0 Å². The molecule has 1 heterocycles. The van der Waals surface area contributed by atoms with E-state index in [2.05, 4.69) is 0 Å². The van der Waals surface area contributed by atoms with Crippen molar-refractivity contribution in [2.24, 2.45) is 0 Å². The number of furan rings is 1. The molecule has 1 fully saturated rings. The number of carbonyl (C=O) groups excluding carboxylic acids is 1. The lowest BCUT2D eigenvalue weighted by molar-refractivity contribution is -0.133. The van der Waals surface area contributed by atoms with Crippen LogP contribution >= 0.6 is 0 Å². The van der Waals surface area contributed by atoms with Crippen LogP contribution in [-0.4, -0.2) is 42.4 Å². The molecule has 1 saturated carbocycles. The molecule has 0 aliphatic heterocycles. The van der Waals surface area contributed by atoms with Crippen molar-refractivity contribution in [3.05, 3.63) is 23.7 Å². The van der Waals surface area contributed by atoms with Gasteiger partial charge in [-0.05, 0) is 38.9 Å². The van der Waals surface area contributed by atoms with E-state index in [9.17, 15) is 4.79 Å². The van der Waals surface area contributed by atoms with Crippen LogP contribution in [0.25, 0.3) is 0 Å². The van der Waals surface area contributed by atoms with Crippen molar-refractivity contribution in [3.63, 3.8) is 0 Å². The van der Waals surface area contributed by atoms with Crippen LogP contribution in [0, 0.1) is 6.92 Å². The predicted octanol–water partition coefficient (Wildman–Crippen LogP) is 2.81. The molecule has 2 rings (SSSR count). The maximum atomic E-state index is 12.3. The molecular weight excluding hydrogens is 252 g/mol. The lowest BCUT2D eigenvalue weighted by atomic mass is 9.94. The molecule has 4 nitrogen and oxygen atoms in total. The van der Waals surface area contributed by atoms with E-state index in [0.717, 1.165) is 24.4 Å². The van der Waals surface area contributed by atoms with Gasteiger partial charge in [0.1, 0.15) is 11.5 Å². The maximum absolute atomic E-state index is 12.3. The second-order valence-corrected chi connectivity index (χ2v) is 5.98. The molecule has 4 heteroatoms. The maximum Gasteiger partial charge on any atom is 0.236 e. The number of hydrogen-bond donors (Lipinski definition) is 0. The molecule has 112 valence electrons. The minimum Gasteiger partial charge on any atom is -0.465 e. The normalized spacial score (nSPS) is 16.6. The zero-order valence-corrected chi connectivity index (χ0v) is 12.9. The lowest BCUT2D eigenvalue weighted by Crippen LogP contribution is -2.43. The Morgan fingerprint density at radius 2 is 1.95 bits per heavy atom. The van der Waals surface area contributed by atoms with E-state index in [1.165, 1.54) is 19.3 Å². The minimum atomic E-state index is 0.211. The highest BCUT2D eigenvalue weighted by Crippen LogP contribution is 2.21. The van der Waals surface area contributed by atoms with Crippen LogP contribution in [0.3, 0.4) is 0 Å². The van der Waals surface area contributed by atoms with Crippen LogP contribution in [0.2, 0.25) is 0 Å². The van der Waals surface area contributed by atoms with Crippen molar-refractivity contribution < 1.29 is 9.21 Å². The smallest absolute Gasteiger partial charge is 0.236 e. The molecule has 0 unspecified atom stereocenters. The molecule has 1 aliphatic rings. The van der Waals surface area contributed by atoms with Gasteiger partial charge in [-0.1, -0.05) is 19.3 Å². The Morgan fingerprint density at radius 3 is 2.55 bits per heavy atom. The molecule has 0 saturated heterocycles. The zero-order chi connectivity index (χ0) is 14.5. The first kappa shape index (κ1) is 15.1. The van der Waals surface area contributed by atoms with Gasteiger partial charge in [-0.2, -0.15) is 0 Å². The molecule has 0 spiro atoms. The van der Waals surface area contributed by atoms with Crippen molar-refractivity contribution in [1.82, 2.24) is 9.80 Å². The lowest BCUT2D eigenvalue weighted by Gasteiger charge is -2.32. The third-order valence-electron chi connectivity index (χ3n) is 4.14. The highest BCUT2D eigenvalue weighted by atomic mass is 16.3. The minimum absolute atomic E-state index is 0.211. The molecule has 1 aromatic heterocycles. The summed E-state index contributed by atoms with van der Waals surface area (Å²) in [5.74, 6) is 2.04. The molecule has 1 aliphatic carbocycles. The zero-order valence-electron chi connectivity index (χ0n) is 12.9. The topological polar surface area (TPSA) is 36.7 Å². The van der Waals surface area contributed by atoms with Gasteiger partial charge in [-0.25, -0.2) is 0 Å². The fraction of sp³-hybridized carbons (Fsp3) is 0.688. The first-order chi connectivity index (χ1) is 9.56. The number of hydrogen-bond acceptors (Lipinski definition) is 3. The van der Waals surface area contributed by atoms with E-state index in [1.54, 1.807) is 0 Å². The second-order valence-electron chi connectivity index (χ2n) is 5.98. The average molecular weight is 278 g/mol. The summed E-state index contributed by atoms with van der Waals surface area (Å²) in [6, 6.07) is 4.37. The Labute approximate surface area is 121 Å². The van der Waals surface area contributed by atoms with Crippen LogP contribution < -0.4 is 0 Å². The van der Waals surface area contributed by atoms with E-state index >= 15 is 0 Å². The Kier molecular flexibility index (Phi) is 5.24. The van der Waals surface area contributed by atoms with E-state index < -0.39 is 0 Å². The van der Waals surface area contributed by atoms with E-state index in [4.69, 9.17) is 4.42 Å². The van der Waals surface area contributed by atoms with Crippen molar-refractivity contribution in [1.29, 1.82) is 0 Å². The Morgan fingerprint density at radius 1 is 1.25 bits per heavy atom.